The van der Waals surface area contributed by atoms with Gasteiger partial charge in [0.05, 0.1) is 5.54 Å². The lowest BCUT2D eigenvalue weighted by Gasteiger charge is -2.38. The Balaban J connectivity index is 2.11. The van der Waals surface area contributed by atoms with E-state index in [1.165, 1.54) is 0 Å². The Bertz CT molecular complexity index is 459. The summed E-state index contributed by atoms with van der Waals surface area (Å²) >= 11 is 9.46. The van der Waals surface area contributed by atoms with E-state index in [4.69, 9.17) is 11.6 Å². The molecule has 0 aromatic carbocycles. The van der Waals surface area contributed by atoms with Gasteiger partial charge in [0.1, 0.15) is 5.69 Å². The van der Waals surface area contributed by atoms with Gasteiger partial charge in [0.2, 0.25) is 0 Å². The van der Waals surface area contributed by atoms with Crippen molar-refractivity contribution in [3.63, 3.8) is 0 Å². The molecular formula is C14H18BrClN2O. The average molecular weight is 346 g/mol. The summed E-state index contributed by atoms with van der Waals surface area (Å²) in [6, 6.07) is 3.61. The van der Waals surface area contributed by atoms with E-state index in [1.807, 2.05) is 6.07 Å². The molecule has 1 aromatic heterocycles. The molecule has 1 amide bonds. The molecule has 104 valence electrons. The van der Waals surface area contributed by atoms with Crippen molar-refractivity contribution in [1.82, 2.24) is 10.3 Å². The van der Waals surface area contributed by atoms with Gasteiger partial charge in [-0.05, 0) is 59.7 Å². The summed E-state index contributed by atoms with van der Waals surface area (Å²) in [6.07, 6.45) is 5.71. The monoisotopic (exact) mass is 344 g/mol. The van der Waals surface area contributed by atoms with Gasteiger partial charge in [0.15, 0.2) is 0 Å². The van der Waals surface area contributed by atoms with Crippen LogP contribution >= 0.6 is 27.5 Å². The number of alkyl halides is 1. The molecule has 1 fully saturated rings. The molecule has 0 aliphatic heterocycles. The SMILES string of the molecule is CC1CCC(CCl)(NC(=O)c2ncccc2Br)CC1. The standard InChI is InChI=1S/C14H18BrClN2O/c1-10-4-6-14(9-16,7-5-10)18-13(19)12-11(15)3-2-8-17-12/h2-3,8,10H,4-7,9H2,1H3,(H,18,19). The fraction of sp³-hybridized carbons (Fsp3) is 0.571. The maximum atomic E-state index is 12.3. The number of aromatic nitrogens is 1. The molecule has 1 saturated carbocycles. The molecule has 1 aromatic rings. The molecule has 1 aliphatic carbocycles. The lowest BCUT2D eigenvalue weighted by molar-refractivity contribution is 0.0866. The molecule has 2 rings (SSSR count). The number of rotatable bonds is 3. The number of hydrogen-bond donors (Lipinski definition) is 1. The summed E-state index contributed by atoms with van der Waals surface area (Å²) in [5, 5.41) is 3.10. The van der Waals surface area contributed by atoms with Gasteiger partial charge in [-0.3, -0.25) is 4.79 Å². The topological polar surface area (TPSA) is 42.0 Å². The average Bonchev–Trinajstić information content (AvgIpc) is 2.42. The van der Waals surface area contributed by atoms with Crippen LogP contribution in [0.5, 0.6) is 0 Å². The van der Waals surface area contributed by atoms with Crippen molar-refractivity contribution in [1.29, 1.82) is 0 Å². The zero-order valence-corrected chi connectivity index (χ0v) is 13.3. The van der Waals surface area contributed by atoms with Crippen LogP contribution in [0.2, 0.25) is 0 Å². The van der Waals surface area contributed by atoms with Crippen molar-refractivity contribution in [3.8, 4) is 0 Å². The van der Waals surface area contributed by atoms with Crippen LogP contribution in [0, 0.1) is 5.92 Å². The van der Waals surface area contributed by atoms with Gasteiger partial charge in [-0.1, -0.05) is 6.92 Å². The third-order valence-corrected chi connectivity index (χ3v) is 4.99. The molecule has 1 aliphatic rings. The van der Waals surface area contributed by atoms with Crippen LogP contribution in [-0.2, 0) is 0 Å². The zero-order chi connectivity index (χ0) is 13.9. The highest BCUT2D eigenvalue weighted by atomic mass is 79.9. The summed E-state index contributed by atoms with van der Waals surface area (Å²) in [5.74, 6) is 1.02. The second-order valence-corrected chi connectivity index (χ2v) is 6.51. The van der Waals surface area contributed by atoms with Crippen LogP contribution in [0.4, 0.5) is 0 Å². The molecule has 19 heavy (non-hydrogen) atoms. The third kappa shape index (κ3) is 3.48. The summed E-state index contributed by atoms with van der Waals surface area (Å²) in [5.41, 5.74) is 0.146. The van der Waals surface area contributed by atoms with E-state index in [9.17, 15) is 4.79 Å². The molecule has 0 saturated heterocycles. The molecule has 0 atom stereocenters. The second-order valence-electron chi connectivity index (χ2n) is 5.38. The van der Waals surface area contributed by atoms with Gasteiger partial charge in [0.25, 0.3) is 5.91 Å². The number of pyridine rings is 1. The number of carbonyl (C=O) groups is 1. The predicted octanol–water partition coefficient (Wildman–Crippen LogP) is 3.76. The normalized spacial score (nSPS) is 27.0. The van der Waals surface area contributed by atoms with Crippen LogP contribution < -0.4 is 5.32 Å². The highest BCUT2D eigenvalue weighted by Crippen LogP contribution is 2.33. The van der Waals surface area contributed by atoms with E-state index in [0.29, 0.717) is 16.0 Å². The fourth-order valence-corrected chi connectivity index (χ4v) is 3.23. The highest BCUT2D eigenvalue weighted by Gasteiger charge is 2.35. The first-order valence-corrected chi connectivity index (χ1v) is 7.88. The third-order valence-electron chi connectivity index (χ3n) is 3.84. The van der Waals surface area contributed by atoms with Gasteiger partial charge in [-0.2, -0.15) is 0 Å². The summed E-state index contributed by atoms with van der Waals surface area (Å²) < 4.78 is 0.710. The molecule has 0 spiro atoms. The lowest BCUT2D eigenvalue weighted by Crippen LogP contribution is -2.52. The zero-order valence-electron chi connectivity index (χ0n) is 11.0. The van der Waals surface area contributed by atoms with Crippen molar-refractivity contribution < 1.29 is 4.79 Å². The molecule has 3 nitrogen and oxygen atoms in total. The van der Waals surface area contributed by atoms with E-state index in [0.717, 1.165) is 31.6 Å². The Kier molecular flexibility index (Phi) is 4.85. The molecule has 1 heterocycles. The quantitative estimate of drug-likeness (QED) is 0.848. The van der Waals surface area contributed by atoms with Crippen LogP contribution in [0.1, 0.15) is 43.1 Å². The molecule has 0 bridgehead atoms. The van der Waals surface area contributed by atoms with E-state index in [1.54, 1.807) is 12.3 Å². The van der Waals surface area contributed by atoms with Gasteiger partial charge < -0.3 is 5.32 Å². The molecule has 0 unspecified atom stereocenters. The van der Waals surface area contributed by atoms with Gasteiger partial charge in [-0.25, -0.2) is 4.98 Å². The molecular weight excluding hydrogens is 328 g/mol. The fourth-order valence-electron chi connectivity index (χ4n) is 2.46. The lowest BCUT2D eigenvalue weighted by atomic mass is 9.78. The maximum absolute atomic E-state index is 12.3. The smallest absolute Gasteiger partial charge is 0.271 e. The minimum atomic E-state index is -0.276. The minimum absolute atomic E-state index is 0.150. The molecule has 1 N–H and O–H groups in total. The van der Waals surface area contributed by atoms with Crippen LogP contribution in [0.15, 0.2) is 22.8 Å². The maximum Gasteiger partial charge on any atom is 0.271 e. The van der Waals surface area contributed by atoms with Gasteiger partial charge in [0, 0.05) is 16.5 Å². The number of halogens is 2. The first kappa shape index (κ1) is 14.8. The predicted molar refractivity (Wildman–Crippen MR) is 80.5 cm³/mol. The van der Waals surface area contributed by atoms with E-state index in [-0.39, 0.29) is 11.4 Å². The highest BCUT2D eigenvalue weighted by molar-refractivity contribution is 9.10. The number of carbonyl (C=O) groups excluding carboxylic acids is 1. The number of nitrogens with zero attached hydrogens (tertiary/aromatic N) is 1. The van der Waals surface area contributed by atoms with E-state index >= 15 is 0 Å². The van der Waals surface area contributed by atoms with Crippen LogP contribution in [-0.4, -0.2) is 22.3 Å². The van der Waals surface area contributed by atoms with Gasteiger partial charge >= 0.3 is 0 Å². The van der Waals surface area contributed by atoms with Crippen molar-refractivity contribution in [2.75, 3.05) is 5.88 Å². The Morgan fingerprint density at radius 1 is 1.58 bits per heavy atom. The minimum Gasteiger partial charge on any atom is -0.344 e. The Hall–Kier alpha value is -0.610. The second kappa shape index (κ2) is 6.23. The van der Waals surface area contributed by atoms with E-state index in [2.05, 4.69) is 33.2 Å². The van der Waals surface area contributed by atoms with Crippen molar-refractivity contribution in [2.45, 2.75) is 38.1 Å². The summed E-state index contributed by atoms with van der Waals surface area (Å²) in [4.78, 5) is 16.4. The van der Waals surface area contributed by atoms with Crippen LogP contribution in [0.3, 0.4) is 0 Å². The molecule has 5 heteroatoms. The number of amides is 1. The Morgan fingerprint density at radius 2 is 2.26 bits per heavy atom. The summed E-state index contributed by atoms with van der Waals surface area (Å²) in [6.45, 7) is 2.25. The Labute approximate surface area is 127 Å². The van der Waals surface area contributed by atoms with Gasteiger partial charge in [-0.15, -0.1) is 11.6 Å². The van der Waals surface area contributed by atoms with E-state index < -0.39 is 0 Å². The number of hydrogen-bond acceptors (Lipinski definition) is 2. The summed E-state index contributed by atoms with van der Waals surface area (Å²) in [7, 11) is 0. The van der Waals surface area contributed by atoms with Crippen LogP contribution in [0.25, 0.3) is 0 Å². The Morgan fingerprint density at radius 3 is 2.84 bits per heavy atom. The van der Waals surface area contributed by atoms with Crippen molar-refractivity contribution in [3.05, 3.63) is 28.5 Å². The first-order valence-electron chi connectivity index (χ1n) is 6.55. The number of nitrogens with one attached hydrogen (secondary N) is 1. The van der Waals surface area contributed by atoms with Crippen molar-refractivity contribution >= 4 is 33.4 Å². The van der Waals surface area contributed by atoms with Crippen molar-refractivity contribution in [2.24, 2.45) is 5.92 Å². The largest absolute Gasteiger partial charge is 0.344 e. The first-order chi connectivity index (χ1) is 9.06. The molecule has 0 radical (unpaired) electrons.